The first-order valence-corrected chi connectivity index (χ1v) is 7.30. The van der Waals surface area contributed by atoms with Crippen molar-refractivity contribution in [3.8, 4) is 0 Å². The summed E-state index contributed by atoms with van der Waals surface area (Å²) in [7, 11) is 0. The van der Waals surface area contributed by atoms with Crippen molar-refractivity contribution in [1.82, 2.24) is 19.5 Å². The third-order valence-electron chi connectivity index (χ3n) is 4.10. The van der Waals surface area contributed by atoms with Crippen LogP contribution in [0.2, 0.25) is 0 Å². The molecule has 0 amide bonds. The van der Waals surface area contributed by atoms with Gasteiger partial charge in [-0.05, 0) is 19.3 Å². The number of halogens is 1. The monoisotopic (exact) mass is 322 g/mol. The topological polar surface area (TPSA) is 102 Å². The summed E-state index contributed by atoms with van der Waals surface area (Å²) in [6.45, 7) is 0.172. The Balaban J connectivity index is 0.00000144. The summed E-state index contributed by atoms with van der Waals surface area (Å²) in [5, 5.41) is 12.6. The van der Waals surface area contributed by atoms with Gasteiger partial charge in [0.1, 0.15) is 0 Å². The number of nitrogens with one attached hydrogen (secondary N) is 1. The summed E-state index contributed by atoms with van der Waals surface area (Å²) in [4.78, 5) is 13.1. The Morgan fingerprint density at radius 3 is 2.82 bits per heavy atom. The lowest BCUT2D eigenvalue weighted by atomic mass is 10.1. The zero-order chi connectivity index (χ0) is 14.4. The summed E-state index contributed by atoms with van der Waals surface area (Å²) in [6.07, 6.45) is 9.10. The van der Waals surface area contributed by atoms with Crippen LogP contribution in [0.3, 0.4) is 0 Å². The molecule has 7 nitrogen and oxygen atoms in total. The molecule has 2 heterocycles. The summed E-state index contributed by atoms with van der Waals surface area (Å²) in [5.74, 6) is 1.18. The predicted molar refractivity (Wildman–Crippen MR) is 87.0 cm³/mol. The number of nitrogens with two attached hydrogens (primary N) is 1. The largest absolute Gasteiger partial charge is 0.396 e. The van der Waals surface area contributed by atoms with Gasteiger partial charge in [0.15, 0.2) is 17.0 Å². The van der Waals surface area contributed by atoms with E-state index in [9.17, 15) is 5.11 Å². The van der Waals surface area contributed by atoms with Crippen LogP contribution in [0.4, 0.5) is 11.8 Å². The van der Waals surface area contributed by atoms with Crippen LogP contribution in [0.25, 0.3) is 11.2 Å². The van der Waals surface area contributed by atoms with Gasteiger partial charge in [0.25, 0.3) is 0 Å². The van der Waals surface area contributed by atoms with Crippen molar-refractivity contribution < 1.29 is 5.11 Å². The molecule has 4 N–H and O–H groups in total. The Morgan fingerprint density at radius 1 is 1.32 bits per heavy atom. The fourth-order valence-corrected chi connectivity index (χ4v) is 2.79. The van der Waals surface area contributed by atoms with Crippen LogP contribution in [0, 0.1) is 5.92 Å². The molecule has 1 fully saturated rings. The molecule has 118 valence electrons. The molecule has 1 saturated carbocycles. The van der Waals surface area contributed by atoms with Crippen molar-refractivity contribution in [1.29, 1.82) is 0 Å². The maximum Gasteiger partial charge on any atom is 0.224 e. The highest BCUT2D eigenvalue weighted by Crippen LogP contribution is 2.32. The van der Waals surface area contributed by atoms with Crippen molar-refractivity contribution in [3.63, 3.8) is 0 Å². The van der Waals surface area contributed by atoms with E-state index in [0.717, 1.165) is 36.2 Å². The van der Waals surface area contributed by atoms with Gasteiger partial charge in [-0.15, -0.1) is 12.4 Å². The van der Waals surface area contributed by atoms with E-state index in [-0.39, 0.29) is 36.9 Å². The van der Waals surface area contributed by atoms with E-state index in [4.69, 9.17) is 5.73 Å². The van der Waals surface area contributed by atoms with Crippen LogP contribution in [0.5, 0.6) is 0 Å². The van der Waals surface area contributed by atoms with Gasteiger partial charge >= 0.3 is 0 Å². The molecule has 0 aromatic carbocycles. The molecule has 2 atom stereocenters. The Bertz CT molecular complexity index is 711. The molecule has 0 aliphatic heterocycles. The molecular formula is C14H19ClN6O. The molecule has 0 spiro atoms. The summed E-state index contributed by atoms with van der Waals surface area (Å²) in [6, 6.07) is 0.646. The number of allylic oxidation sites excluding steroid dienone is 1. The second kappa shape index (κ2) is 5.73. The fourth-order valence-electron chi connectivity index (χ4n) is 2.79. The normalized spacial score (nSPS) is 23.7. The number of nitrogen functional groups attached to an aromatic ring is 1. The predicted octanol–water partition coefficient (Wildman–Crippen LogP) is 1.51. The lowest BCUT2D eigenvalue weighted by Gasteiger charge is -2.13. The Morgan fingerprint density at radius 2 is 2.14 bits per heavy atom. The van der Waals surface area contributed by atoms with E-state index in [1.54, 1.807) is 6.33 Å². The minimum Gasteiger partial charge on any atom is -0.396 e. The van der Waals surface area contributed by atoms with Crippen LogP contribution in [-0.4, -0.2) is 37.3 Å². The van der Waals surface area contributed by atoms with Crippen molar-refractivity contribution in [2.24, 2.45) is 5.92 Å². The van der Waals surface area contributed by atoms with Crippen LogP contribution in [0.1, 0.15) is 25.3 Å². The van der Waals surface area contributed by atoms with E-state index in [1.807, 2.05) is 10.6 Å². The molecule has 8 heteroatoms. The maximum atomic E-state index is 9.26. The van der Waals surface area contributed by atoms with Gasteiger partial charge in [-0.3, -0.25) is 0 Å². The van der Waals surface area contributed by atoms with Gasteiger partial charge in [-0.2, -0.15) is 9.97 Å². The van der Waals surface area contributed by atoms with E-state index in [2.05, 4.69) is 26.3 Å². The van der Waals surface area contributed by atoms with Gasteiger partial charge in [0, 0.05) is 18.6 Å². The number of hydrogen-bond donors (Lipinski definition) is 3. The average Bonchev–Trinajstić information content (AvgIpc) is 3.01. The van der Waals surface area contributed by atoms with Crippen molar-refractivity contribution in [2.75, 3.05) is 17.7 Å². The lowest BCUT2D eigenvalue weighted by Crippen LogP contribution is -2.10. The highest BCUT2D eigenvalue weighted by molar-refractivity contribution is 5.85. The SMILES string of the molecule is Cl.Nc1nc(NC2CC2)c2ncn([C@H]3C=C[C@H](CO)C3)c2n1. The maximum absolute atomic E-state index is 9.26. The number of anilines is 2. The first kappa shape index (κ1) is 15.1. The minimum atomic E-state index is 0. The molecule has 2 aliphatic rings. The zero-order valence-electron chi connectivity index (χ0n) is 12.0. The fraction of sp³-hybridized carbons (Fsp3) is 0.500. The standard InChI is InChI=1S/C14H18N6O.ClH/c15-14-18-12(17-9-2-3-9)11-13(19-14)20(7-16-11)10-4-1-8(5-10)6-21;/h1,4,7-10,21H,2-3,5-6H2,(H3,15,17,18,19);1H/t8-,10-;/m0./s1. The van der Waals surface area contributed by atoms with Crippen molar-refractivity contribution in [2.45, 2.75) is 31.3 Å². The average molecular weight is 323 g/mol. The third kappa shape index (κ3) is 2.62. The van der Waals surface area contributed by atoms with E-state index in [1.165, 1.54) is 0 Å². The second-order valence-electron chi connectivity index (χ2n) is 5.80. The van der Waals surface area contributed by atoms with Crippen LogP contribution in [0.15, 0.2) is 18.5 Å². The zero-order valence-corrected chi connectivity index (χ0v) is 12.8. The molecule has 2 aliphatic carbocycles. The van der Waals surface area contributed by atoms with Crippen LogP contribution >= 0.6 is 12.4 Å². The van der Waals surface area contributed by atoms with Crippen LogP contribution < -0.4 is 11.1 Å². The van der Waals surface area contributed by atoms with Crippen LogP contribution in [-0.2, 0) is 0 Å². The lowest BCUT2D eigenvalue weighted by molar-refractivity contribution is 0.244. The number of hydrogen-bond acceptors (Lipinski definition) is 6. The number of fused-ring (bicyclic) bond motifs is 1. The van der Waals surface area contributed by atoms with E-state index in [0.29, 0.717) is 6.04 Å². The minimum absolute atomic E-state index is 0. The Kier molecular flexibility index (Phi) is 3.92. The summed E-state index contributed by atoms with van der Waals surface area (Å²) in [5.41, 5.74) is 7.35. The second-order valence-corrected chi connectivity index (χ2v) is 5.80. The number of aliphatic hydroxyl groups is 1. The molecule has 0 radical (unpaired) electrons. The number of rotatable bonds is 4. The van der Waals surface area contributed by atoms with Crippen molar-refractivity contribution >= 4 is 35.3 Å². The van der Waals surface area contributed by atoms with Gasteiger partial charge in [0.05, 0.1) is 12.4 Å². The quantitative estimate of drug-likeness (QED) is 0.738. The van der Waals surface area contributed by atoms with Gasteiger partial charge in [0.2, 0.25) is 5.95 Å². The van der Waals surface area contributed by atoms with Crippen molar-refractivity contribution in [3.05, 3.63) is 18.5 Å². The molecule has 0 saturated heterocycles. The summed E-state index contributed by atoms with van der Waals surface area (Å²) >= 11 is 0. The highest BCUT2D eigenvalue weighted by atomic mass is 35.5. The van der Waals surface area contributed by atoms with E-state index >= 15 is 0 Å². The number of aromatic nitrogens is 4. The highest BCUT2D eigenvalue weighted by Gasteiger charge is 2.26. The number of aliphatic hydroxyl groups excluding tert-OH is 1. The van der Waals surface area contributed by atoms with Gasteiger partial charge < -0.3 is 20.7 Å². The Labute approximate surface area is 134 Å². The molecule has 22 heavy (non-hydrogen) atoms. The van der Waals surface area contributed by atoms with E-state index < -0.39 is 0 Å². The Hall–Kier alpha value is -1.86. The third-order valence-corrected chi connectivity index (χ3v) is 4.10. The molecular weight excluding hydrogens is 304 g/mol. The molecule has 2 aromatic rings. The molecule has 2 aromatic heterocycles. The first-order valence-electron chi connectivity index (χ1n) is 7.30. The van der Waals surface area contributed by atoms with Gasteiger partial charge in [-0.25, -0.2) is 4.98 Å². The molecule has 4 rings (SSSR count). The summed E-state index contributed by atoms with van der Waals surface area (Å²) < 4.78 is 2.01. The molecule has 0 unspecified atom stereocenters. The number of nitrogens with zero attached hydrogens (tertiary/aromatic N) is 4. The van der Waals surface area contributed by atoms with Gasteiger partial charge in [-0.1, -0.05) is 12.2 Å². The number of imidazole rings is 1. The first-order chi connectivity index (χ1) is 10.2. The molecule has 0 bridgehead atoms. The smallest absolute Gasteiger partial charge is 0.224 e.